The average Bonchev–Trinajstić information content (AvgIpc) is 3.53. The summed E-state index contributed by atoms with van der Waals surface area (Å²) >= 11 is 1.66. The first-order chi connectivity index (χ1) is 16.6. The number of carbonyl (C=O) groups excluding carboxylic acids is 2. The molecule has 0 radical (unpaired) electrons. The van der Waals surface area contributed by atoms with E-state index in [0.29, 0.717) is 26.2 Å². The molecule has 7 nitrogen and oxygen atoms in total. The molecular weight excluding hydrogens is 457 g/mol. The Labute approximate surface area is 203 Å². The molecular formula is C25H32FN3O4S. The molecule has 2 aliphatic heterocycles. The number of rotatable bonds is 9. The highest BCUT2D eigenvalue weighted by molar-refractivity contribution is 7.10. The number of fused-ring (bicyclic) bond motifs is 1. The predicted molar refractivity (Wildman–Crippen MR) is 129 cm³/mol. The fourth-order valence-electron chi connectivity index (χ4n) is 4.46. The number of hydrogen-bond acceptors (Lipinski definition) is 5. The molecule has 1 fully saturated rings. The first kappa shape index (κ1) is 24.5. The second-order valence-electron chi connectivity index (χ2n) is 8.64. The summed E-state index contributed by atoms with van der Waals surface area (Å²) in [6.07, 6.45) is 3.36. The molecule has 1 aromatic heterocycles. The SMILES string of the molecule is CCCNC(=O)N(CC(=O)N1CCc2sccc2[C@H]1COc1ccccc1F)C[C@@H]1CCCO1. The molecule has 184 valence electrons. The van der Waals surface area contributed by atoms with Crippen LogP contribution < -0.4 is 10.1 Å². The molecule has 0 bridgehead atoms. The van der Waals surface area contributed by atoms with E-state index in [0.717, 1.165) is 31.2 Å². The minimum absolute atomic E-state index is 0.0366. The Morgan fingerprint density at radius 2 is 2.18 bits per heavy atom. The first-order valence-corrected chi connectivity index (χ1v) is 12.8. The van der Waals surface area contributed by atoms with E-state index in [9.17, 15) is 14.0 Å². The number of ether oxygens (including phenoxy) is 2. The zero-order valence-electron chi connectivity index (χ0n) is 19.5. The average molecular weight is 490 g/mol. The summed E-state index contributed by atoms with van der Waals surface area (Å²) in [5.41, 5.74) is 1.03. The lowest BCUT2D eigenvalue weighted by atomic mass is 10.0. The minimum Gasteiger partial charge on any atom is -0.488 e. The van der Waals surface area contributed by atoms with Crippen molar-refractivity contribution in [1.82, 2.24) is 15.1 Å². The molecule has 0 saturated carbocycles. The van der Waals surface area contributed by atoms with Crippen LogP contribution >= 0.6 is 11.3 Å². The normalized spacial score (nSPS) is 19.5. The maximum Gasteiger partial charge on any atom is 0.317 e. The van der Waals surface area contributed by atoms with Crippen LogP contribution in [0.25, 0.3) is 0 Å². The topological polar surface area (TPSA) is 71.1 Å². The van der Waals surface area contributed by atoms with Crippen LogP contribution in [0.5, 0.6) is 5.75 Å². The number of nitrogens with zero attached hydrogens (tertiary/aromatic N) is 2. The molecule has 1 aromatic carbocycles. The van der Waals surface area contributed by atoms with E-state index < -0.39 is 5.82 Å². The van der Waals surface area contributed by atoms with Gasteiger partial charge in [0.1, 0.15) is 13.2 Å². The zero-order valence-corrected chi connectivity index (χ0v) is 20.3. The van der Waals surface area contributed by atoms with E-state index >= 15 is 0 Å². The fraction of sp³-hybridized carbons (Fsp3) is 0.520. The van der Waals surface area contributed by atoms with Crippen LogP contribution in [0.4, 0.5) is 9.18 Å². The van der Waals surface area contributed by atoms with Gasteiger partial charge in [-0.05, 0) is 54.8 Å². The van der Waals surface area contributed by atoms with Crippen LogP contribution in [0, 0.1) is 5.82 Å². The van der Waals surface area contributed by atoms with Crippen molar-refractivity contribution in [2.24, 2.45) is 0 Å². The van der Waals surface area contributed by atoms with Crippen molar-refractivity contribution in [3.63, 3.8) is 0 Å². The van der Waals surface area contributed by atoms with Crippen molar-refractivity contribution >= 4 is 23.3 Å². The highest BCUT2D eigenvalue weighted by Gasteiger charge is 2.34. The maximum atomic E-state index is 14.1. The Morgan fingerprint density at radius 1 is 1.32 bits per heavy atom. The number of hydrogen-bond donors (Lipinski definition) is 1. The molecule has 4 rings (SSSR count). The Hall–Kier alpha value is -2.65. The molecule has 2 aromatic rings. The van der Waals surface area contributed by atoms with Gasteiger partial charge < -0.3 is 24.6 Å². The van der Waals surface area contributed by atoms with Crippen molar-refractivity contribution < 1.29 is 23.5 Å². The van der Waals surface area contributed by atoms with Crippen LogP contribution in [0.2, 0.25) is 0 Å². The van der Waals surface area contributed by atoms with Gasteiger partial charge in [-0.2, -0.15) is 0 Å². The quantitative estimate of drug-likeness (QED) is 0.578. The number of urea groups is 1. The van der Waals surface area contributed by atoms with Gasteiger partial charge in [0.15, 0.2) is 11.6 Å². The molecule has 3 amide bonds. The summed E-state index contributed by atoms with van der Waals surface area (Å²) in [7, 11) is 0. The van der Waals surface area contributed by atoms with Crippen molar-refractivity contribution in [2.45, 2.75) is 44.8 Å². The second-order valence-corrected chi connectivity index (χ2v) is 9.64. The maximum absolute atomic E-state index is 14.1. The highest BCUT2D eigenvalue weighted by Crippen LogP contribution is 2.34. The number of carbonyl (C=O) groups is 2. The molecule has 1 saturated heterocycles. The van der Waals surface area contributed by atoms with Crippen molar-refractivity contribution in [3.05, 3.63) is 52.0 Å². The minimum atomic E-state index is -0.433. The van der Waals surface area contributed by atoms with E-state index in [1.54, 1.807) is 39.3 Å². The van der Waals surface area contributed by atoms with Gasteiger partial charge in [0.05, 0.1) is 12.1 Å². The third-order valence-corrected chi connectivity index (χ3v) is 7.23. The smallest absolute Gasteiger partial charge is 0.317 e. The lowest BCUT2D eigenvalue weighted by Crippen LogP contribution is -2.51. The molecule has 2 atom stereocenters. The molecule has 34 heavy (non-hydrogen) atoms. The molecule has 0 aliphatic carbocycles. The van der Waals surface area contributed by atoms with Crippen molar-refractivity contribution in [1.29, 1.82) is 0 Å². The number of para-hydroxylation sites is 1. The molecule has 0 spiro atoms. The third kappa shape index (κ3) is 5.88. The van der Waals surface area contributed by atoms with Gasteiger partial charge in [-0.15, -0.1) is 11.3 Å². The summed E-state index contributed by atoms with van der Waals surface area (Å²) in [5.74, 6) is -0.420. The van der Waals surface area contributed by atoms with Crippen molar-refractivity contribution in [2.75, 3.05) is 39.4 Å². The monoisotopic (exact) mass is 489 g/mol. The second kappa shape index (κ2) is 11.7. The summed E-state index contributed by atoms with van der Waals surface area (Å²) < 4.78 is 25.7. The lowest BCUT2D eigenvalue weighted by Gasteiger charge is -2.37. The Kier molecular flexibility index (Phi) is 8.39. The van der Waals surface area contributed by atoms with Gasteiger partial charge >= 0.3 is 6.03 Å². The Bertz CT molecular complexity index is 979. The van der Waals surface area contributed by atoms with E-state index in [-0.39, 0.29) is 43.0 Å². The molecule has 3 heterocycles. The van der Waals surface area contributed by atoms with Crippen LogP contribution in [-0.2, 0) is 16.0 Å². The van der Waals surface area contributed by atoms with Crippen LogP contribution in [0.1, 0.15) is 42.7 Å². The Balaban J connectivity index is 1.48. The highest BCUT2D eigenvalue weighted by atomic mass is 32.1. The molecule has 1 N–H and O–H groups in total. The summed E-state index contributed by atoms with van der Waals surface area (Å²) in [5, 5.41) is 4.90. The largest absolute Gasteiger partial charge is 0.488 e. The number of amides is 3. The summed E-state index contributed by atoms with van der Waals surface area (Å²) in [6, 6.07) is 7.68. The summed E-state index contributed by atoms with van der Waals surface area (Å²) in [4.78, 5) is 30.9. The number of nitrogens with one attached hydrogen (secondary N) is 1. The fourth-order valence-corrected chi connectivity index (χ4v) is 5.38. The summed E-state index contributed by atoms with van der Waals surface area (Å²) in [6.45, 7) is 4.25. The van der Waals surface area contributed by atoms with Gasteiger partial charge in [0.25, 0.3) is 0 Å². The Morgan fingerprint density at radius 3 is 2.94 bits per heavy atom. The molecule has 9 heteroatoms. The van der Waals surface area contributed by atoms with Crippen LogP contribution in [0.3, 0.4) is 0 Å². The van der Waals surface area contributed by atoms with Gasteiger partial charge in [-0.25, -0.2) is 9.18 Å². The zero-order chi connectivity index (χ0) is 23.9. The van der Waals surface area contributed by atoms with E-state index in [1.165, 1.54) is 10.9 Å². The van der Waals surface area contributed by atoms with Gasteiger partial charge in [0, 0.05) is 31.1 Å². The van der Waals surface area contributed by atoms with E-state index in [2.05, 4.69) is 5.32 Å². The lowest BCUT2D eigenvalue weighted by molar-refractivity contribution is -0.135. The number of halogens is 1. The van der Waals surface area contributed by atoms with Crippen LogP contribution in [-0.4, -0.2) is 67.2 Å². The molecule has 0 unspecified atom stereocenters. The first-order valence-electron chi connectivity index (χ1n) is 11.9. The predicted octanol–water partition coefficient (Wildman–Crippen LogP) is 3.99. The van der Waals surface area contributed by atoms with E-state index in [1.807, 2.05) is 18.4 Å². The van der Waals surface area contributed by atoms with Crippen molar-refractivity contribution in [3.8, 4) is 5.75 Å². The van der Waals surface area contributed by atoms with Gasteiger partial charge in [-0.1, -0.05) is 19.1 Å². The molecule has 2 aliphatic rings. The van der Waals surface area contributed by atoms with Gasteiger partial charge in [0.2, 0.25) is 5.91 Å². The van der Waals surface area contributed by atoms with Crippen LogP contribution in [0.15, 0.2) is 35.7 Å². The third-order valence-electron chi connectivity index (χ3n) is 6.24. The standard InChI is InChI=1S/C25H32FN3O4S/c1-2-11-27-25(31)28(15-18-6-5-13-32-18)16-24(30)29-12-9-23-19(10-14-34-23)21(29)17-33-22-8-4-3-7-20(22)26/h3-4,7-8,10,14,18,21H,2,5-6,9,11-13,15-17H2,1H3,(H,27,31)/t18-,21+/m0/s1. The number of thiophene rings is 1. The van der Waals surface area contributed by atoms with E-state index in [4.69, 9.17) is 9.47 Å². The number of benzene rings is 1. The van der Waals surface area contributed by atoms with Gasteiger partial charge in [-0.3, -0.25) is 4.79 Å².